The molecule has 0 radical (unpaired) electrons. The molecule has 2 aromatic rings. The summed E-state index contributed by atoms with van der Waals surface area (Å²) in [5.41, 5.74) is 5.78. The maximum atomic E-state index is 11.3. The van der Waals surface area contributed by atoms with Crippen LogP contribution in [-0.2, 0) is 16.0 Å². The predicted octanol–water partition coefficient (Wildman–Crippen LogP) is 4.27. The van der Waals surface area contributed by atoms with E-state index in [-0.39, 0.29) is 5.91 Å². The number of rotatable bonds is 5. The Morgan fingerprint density at radius 2 is 1.77 bits per heavy atom. The third-order valence-electron chi connectivity index (χ3n) is 5.12. The number of carbonyl (C=O) groups is 1. The van der Waals surface area contributed by atoms with Crippen molar-refractivity contribution < 1.29 is 9.53 Å². The molecule has 1 atom stereocenters. The monoisotopic (exact) mass is 352 g/mol. The van der Waals surface area contributed by atoms with Gasteiger partial charge in [-0.15, -0.1) is 0 Å². The average Bonchev–Trinajstić information content (AvgIpc) is 2.68. The van der Waals surface area contributed by atoms with Crippen molar-refractivity contribution in [2.24, 2.45) is 0 Å². The van der Waals surface area contributed by atoms with Crippen molar-refractivity contribution >= 4 is 11.6 Å². The highest BCUT2D eigenvalue weighted by Gasteiger charge is 2.18. The van der Waals surface area contributed by atoms with Gasteiger partial charge in [0.1, 0.15) is 0 Å². The zero-order chi connectivity index (χ0) is 18.5. The number of carbonyl (C=O) groups excluding carboxylic acids is 1. The average molecular weight is 352 g/mol. The van der Waals surface area contributed by atoms with E-state index >= 15 is 0 Å². The molecule has 3 rings (SSSR count). The molecule has 1 saturated heterocycles. The molecule has 0 spiro atoms. The smallest absolute Gasteiger partial charge is 0.221 e. The van der Waals surface area contributed by atoms with E-state index < -0.39 is 0 Å². The number of benzene rings is 2. The number of anilines is 1. The van der Waals surface area contributed by atoms with Crippen LogP contribution in [0.4, 0.5) is 5.69 Å². The third-order valence-corrected chi connectivity index (χ3v) is 5.12. The lowest BCUT2D eigenvalue weighted by molar-refractivity contribution is -0.114. The Hall–Kier alpha value is -2.17. The number of hydrogen-bond acceptors (Lipinski definition) is 3. The van der Waals surface area contributed by atoms with E-state index in [0.29, 0.717) is 6.04 Å². The van der Waals surface area contributed by atoms with Gasteiger partial charge in [0, 0.05) is 31.7 Å². The molecule has 0 bridgehead atoms. The molecule has 26 heavy (non-hydrogen) atoms. The molecule has 1 N–H and O–H groups in total. The van der Waals surface area contributed by atoms with E-state index in [9.17, 15) is 4.79 Å². The molecule has 0 saturated carbocycles. The summed E-state index contributed by atoms with van der Waals surface area (Å²) in [6, 6.07) is 15.5. The summed E-state index contributed by atoms with van der Waals surface area (Å²) in [6.45, 7) is 9.55. The quantitative estimate of drug-likeness (QED) is 0.874. The van der Waals surface area contributed by atoms with Crippen molar-refractivity contribution in [1.29, 1.82) is 0 Å². The van der Waals surface area contributed by atoms with Crippen LogP contribution in [0, 0.1) is 0 Å². The van der Waals surface area contributed by atoms with Gasteiger partial charge < -0.3 is 10.1 Å². The van der Waals surface area contributed by atoms with Gasteiger partial charge in [0.05, 0.1) is 13.2 Å². The van der Waals surface area contributed by atoms with Gasteiger partial charge in [-0.2, -0.15) is 0 Å². The SMILES string of the molecule is CCc1cc(-c2ccc(C(C)N3CCOCC3)cc2)ccc1NC(C)=O. The van der Waals surface area contributed by atoms with E-state index in [4.69, 9.17) is 4.74 Å². The fourth-order valence-electron chi connectivity index (χ4n) is 3.51. The van der Waals surface area contributed by atoms with Crippen molar-refractivity contribution in [2.45, 2.75) is 33.2 Å². The maximum absolute atomic E-state index is 11.3. The molecule has 4 heteroatoms. The Morgan fingerprint density at radius 1 is 1.12 bits per heavy atom. The molecule has 2 aromatic carbocycles. The Balaban J connectivity index is 1.78. The van der Waals surface area contributed by atoms with Crippen molar-refractivity contribution in [3.8, 4) is 11.1 Å². The van der Waals surface area contributed by atoms with Crippen LogP contribution in [0.25, 0.3) is 11.1 Å². The normalized spacial score (nSPS) is 16.3. The van der Waals surface area contributed by atoms with Gasteiger partial charge in [0.15, 0.2) is 0 Å². The molecule has 1 aliphatic rings. The first-order chi connectivity index (χ1) is 12.6. The second kappa shape index (κ2) is 8.47. The fraction of sp³-hybridized carbons (Fsp3) is 0.409. The molecule has 0 aromatic heterocycles. The second-order valence-electron chi connectivity index (χ2n) is 6.85. The molecule has 138 valence electrons. The zero-order valence-corrected chi connectivity index (χ0v) is 15.9. The number of aryl methyl sites for hydroxylation is 1. The largest absolute Gasteiger partial charge is 0.379 e. The molecule has 1 amide bonds. The number of nitrogens with one attached hydrogen (secondary N) is 1. The van der Waals surface area contributed by atoms with Crippen LogP contribution in [-0.4, -0.2) is 37.1 Å². The molecule has 1 aliphatic heterocycles. The highest BCUT2D eigenvalue weighted by Crippen LogP contribution is 2.28. The van der Waals surface area contributed by atoms with E-state index in [1.54, 1.807) is 6.92 Å². The van der Waals surface area contributed by atoms with Crippen LogP contribution in [0.15, 0.2) is 42.5 Å². The zero-order valence-electron chi connectivity index (χ0n) is 15.9. The Bertz CT molecular complexity index is 749. The predicted molar refractivity (Wildman–Crippen MR) is 106 cm³/mol. The molecule has 1 heterocycles. The van der Waals surface area contributed by atoms with Crippen molar-refractivity contribution in [2.75, 3.05) is 31.6 Å². The standard InChI is InChI=1S/C22H28N2O2/c1-4-18-15-21(9-10-22(18)23-17(3)25)20-7-5-19(6-8-20)16(2)24-11-13-26-14-12-24/h5-10,15-16H,4,11-14H2,1-3H3,(H,23,25). The first kappa shape index (κ1) is 18.6. The van der Waals surface area contributed by atoms with Gasteiger partial charge >= 0.3 is 0 Å². The van der Waals surface area contributed by atoms with E-state index in [0.717, 1.165) is 44.0 Å². The number of nitrogens with zero attached hydrogens (tertiary/aromatic N) is 1. The summed E-state index contributed by atoms with van der Waals surface area (Å²) in [5.74, 6) is -0.0334. The summed E-state index contributed by atoms with van der Waals surface area (Å²) in [5, 5.41) is 2.91. The van der Waals surface area contributed by atoms with Gasteiger partial charge in [0.25, 0.3) is 0 Å². The van der Waals surface area contributed by atoms with Crippen LogP contribution in [0.3, 0.4) is 0 Å². The van der Waals surface area contributed by atoms with Crippen molar-refractivity contribution in [1.82, 2.24) is 4.90 Å². The first-order valence-electron chi connectivity index (χ1n) is 9.41. The summed E-state index contributed by atoms with van der Waals surface area (Å²) in [7, 11) is 0. The topological polar surface area (TPSA) is 41.6 Å². The molecular weight excluding hydrogens is 324 g/mol. The van der Waals surface area contributed by atoms with Crippen LogP contribution >= 0.6 is 0 Å². The fourth-order valence-corrected chi connectivity index (χ4v) is 3.51. The van der Waals surface area contributed by atoms with Gasteiger partial charge in [0.2, 0.25) is 5.91 Å². The third kappa shape index (κ3) is 4.32. The summed E-state index contributed by atoms with van der Waals surface area (Å²) in [6.07, 6.45) is 0.885. The van der Waals surface area contributed by atoms with E-state index in [1.165, 1.54) is 16.7 Å². The Morgan fingerprint density at radius 3 is 2.38 bits per heavy atom. The van der Waals surface area contributed by atoms with E-state index in [2.05, 4.69) is 60.5 Å². The lowest BCUT2D eigenvalue weighted by atomic mass is 9.98. The first-order valence-corrected chi connectivity index (χ1v) is 9.41. The minimum absolute atomic E-state index is 0.0334. The van der Waals surface area contributed by atoms with Gasteiger partial charge in [-0.3, -0.25) is 9.69 Å². The van der Waals surface area contributed by atoms with Crippen LogP contribution in [0.2, 0.25) is 0 Å². The number of morpholine rings is 1. The maximum Gasteiger partial charge on any atom is 0.221 e. The minimum atomic E-state index is -0.0334. The second-order valence-corrected chi connectivity index (χ2v) is 6.85. The van der Waals surface area contributed by atoms with Crippen LogP contribution in [0.5, 0.6) is 0 Å². The molecule has 1 fully saturated rings. The van der Waals surface area contributed by atoms with Crippen molar-refractivity contribution in [3.05, 3.63) is 53.6 Å². The van der Waals surface area contributed by atoms with Gasteiger partial charge in [-0.25, -0.2) is 0 Å². The number of ether oxygens (including phenoxy) is 1. The molecule has 0 aliphatic carbocycles. The lowest BCUT2D eigenvalue weighted by Crippen LogP contribution is -2.37. The number of hydrogen-bond donors (Lipinski definition) is 1. The highest BCUT2D eigenvalue weighted by atomic mass is 16.5. The molecular formula is C22H28N2O2. The summed E-state index contributed by atoms with van der Waals surface area (Å²) >= 11 is 0. The lowest BCUT2D eigenvalue weighted by Gasteiger charge is -2.32. The van der Waals surface area contributed by atoms with Gasteiger partial charge in [-0.05, 0) is 47.7 Å². The number of amides is 1. The summed E-state index contributed by atoms with van der Waals surface area (Å²) in [4.78, 5) is 13.8. The molecule has 4 nitrogen and oxygen atoms in total. The minimum Gasteiger partial charge on any atom is -0.379 e. The van der Waals surface area contributed by atoms with E-state index in [1.807, 2.05) is 6.07 Å². The van der Waals surface area contributed by atoms with Crippen molar-refractivity contribution in [3.63, 3.8) is 0 Å². The summed E-state index contributed by atoms with van der Waals surface area (Å²) < 4.78 is 5.45. The van der Waals surface area contributed by atoms with Crippen LogP contribution in [0.1, 0.15) is 37.9 Å². The highest BCUT2D eigenvalue weighted by molar-refractivity contribution is 5.90. The Labute approximate surface area is 156 Å². The Kier molecular flexibility index (Phi) is 6.07. The van der Waals surface area contributed by atoms with Crippen LogP contribution < -0.4 is 5.32 Å². The van der Waals surface area contributed by atoms with Gasteiger partial charge in [-0.1, -0.05) is 37.3 Å². The molecule has 1 unspecified atom stereocenters.